The van der Waals surface area contributed by atoms with Crippen LogP contribution in [-0.2, 0) is 12.2 Å². The van der Waals surface area contributed by atoms with Crippen LogP contribution < -0.4 is 5.56 Å². The molecule has 3 aromatic rings. The van der Waals surface area contributed by atoms with E-state index in [-0.39, 0.29) is 5.56 Å². The molecule has 0 aliphatic rings. The highest BCUT2D eigenvalue weighted by molar-refractivity contribution is 7.98. The summed E-state index contributed by atoms with van der Waals surface area (Å²) in [5, 5.41) is 4.55. The summed E-state index contributed by atoms with van der Waals surface area (Å²) in [7, 11) is 0. The lowest BCUT2D eigenvalue weighted by molar-refractivity contribution is 0.391. The van der Waals surface area contributed by atoms with Gasteiger partial charge in [0.2, 0.25) is 11.7 Å². The first-order chi connectivity index (χ1) is 11.1. The highest BCUT2D eigenvalue weighted by Gasteiger charge is 2.10. The molecule has 0 unspecified atom stereocenters. The van der Waals surface area contributed by atoms with Gasteiger partial charge in [-0.25, -0.2) is 4.98 Å². The molecule has 0 atom stereocenters. The highest BCUT2D eigenvalue weighted by Crippen LogP contribution is 2.21. The first-order valence-corrected chi connectivity index (χ1v) is 8.25. The van der Waals surface area contributed by atoms with E-state index in [1.807, 2.05) is 38.1 Å². The van der Waals surface area contributed by atoms with Gasteiger partial charge in [0.1, 0.15) is 0 Å². The van der Waals surface area contributed by atoms with E-state index in [4.69, 9.17) is 4.52 Å². The Morgan fingerprint density at radius 1 is 1.22 bits per heavy atom. The zero-order valence-corrected chi connectivity index (χ0v) is 13.7. The molecule has 0 bridgehead atoms. The first-order valence-electron chi connectivity index (χ1n) is 7.26. The lowest BCUT2D eigenvalue weighted by Crippen LogP contribution is -2.09. The van der Waals surface area contributed by atoms with E-state index in [1.54, 1.807) is 0 Å². The first kappa shape index (κ1) is 15.5. The number of H-pyrrole nitrogens is 1. The molecule has 1 aromatic carbocycles. The molecule has 0 saturated carbocycles. The Morgan fingerprint density at radius 2 is 2.00 bits per heavy atom. The Morgan fingerprint density at radius 3 is 2.74 bits per heavy atom. The van der Waals surface area contributed by atoms with E-state index in [2.05, 4.69) is 20.1 Å². The van der Waals surface area contributed by atoms with Crippen molar-refractivity contribution >= 4 is 11.8 Å². The fraction of sp³-hybridized carbons (Fsp3) is 0.250. The summed E-state index contributed by atoms with van der Waals surface area (Å²) in [6.07, 6.45) is 0.718. The quantitative estimate of drug-likeness (QED) is 0.572. The summed E-state index contributed by atoms with van der Waals surface area (Å²) in [5.74, 6) is 1.51. The summed E-state index contributed by atoms with van der Waals surface area (Å²) in [6.45, 7) is 3.99. The van der Waals surface area contributed by atoms with Crippen LogP contribution in [0.1, 0.15) is 24.1 Å². The summed E-state index contributed by atoms with van der Waals surface area (Å²) in [4.78, 5) is 23.0. The van der Waals surface area contributed by atoms with E-state index in [1.165, 1.54) is 23.4 Å². The van der Waals surface area contributed by atoms with Crippen molar-refractivity contribution in [2.45, 2.75) is 31.2 Å². The predicted molar refractivity (Wildman–Crippen MR) is 88.3 cm³/mol. The van der Waals surface area contributed by atoms with Crippen LogP contribution >= 0.6 is 11.8 Å². The van der Waals surface area contributed by atoms with Crippen molar-refractivity contribution in [2.75, 3.05) is 0 Å². The molecule has 0 radical (unpaired) electrons. The summed E-state index contributed by atoms with van der Waals surface area (Å²) >= 11 is 1.37. The molecule has 0 aliphatic heterocycles. The minimum atomic E-state index is -0.148. The largest absolute Gasteiger partial charge is 0.338 e. The lowest BCUT2D eigenvalue weighted by atomic mass is 10.1. The smallest absolute Gasteiger partial charge is 0.251 e. The highest BCUT2D eigenvalue weighted by atomic mass is 32.2. The van der Waals surface area contributed by atoms with Crippen molar-refractivity contribution < 1.29 is 4.52 Å². The van der Waals surface area contributed by atoms with Gasteiger partial charge in [-0.1, -0.05) is 53.7 Å². The van der Waals surface area contributed by atoms with Gasteiger partial charge in [0.15, 0.2) is 5.16 Å². The van der Waals surface area contributed by atoms with Gasteiger partial charge in [-0.05, 0) is 13.3 Å². The Kier molecular flexibility index (Phi) is 4.57. The van der Waals surface area contributed by atoms with Gasteiger partial charge in [0, 0.05) is 17.3 Å². The molecule has 3 rings (SSSR count). The van der Waals surface area contributed by atoms with Crippen LogP contribution in [0.15, 0.2) is 44.8 Å². The monoisotopic (exact) mass is 328 g/mol. The Bertz CT molecular complexity index is 855. The molecule has 0 saturated heterocycles. The SMILES string of the molecule is CCc1cc(=O)[nH]c(SCc2nc(-c3ccc(C)cc3)no2)n1. The molecule has 7 heteroatoms. The molecular formula is C16H16N4O2S. The molecule has 0 fully saturated rings. The number of nitrogens with one attached hydrogen (secondary N) is 1. The van der Waals surface area contributed by atoms with Crippen molar-refractivity contribution in [3.05, 3.63) is 57.8 Å². The van der Waals surface area contributed by atoms with Crippen molar-refractivity contribution in [3.63, 3.8) is 0 Å². The average molecular weight is 328 g/mol. The fourth-order valence-electron chi connectivity index (χ4n) is 2.00. The maximum absolute atomic E-state index is 11.5. The molecule has 0 amide bonds. The normalized spacial score (nSPS) is 10.9. The number of hydrogen-bond acceptors (Lipinski definition) is 6. The molecule has 0 aliphatic carbocycles. The third-order valence-electron chi connectivity index (χ3n) is 3.25. The molecule has 2 heterocycles. The number of nitrogens with zero attached hydrogens (tertiary/aromatic N) is 3. The van der Waals surface area contributed by atoms with Crippen LogP contribution in [0.4, 0.5) is 0 Å². The molecule has 23 heavy (non-hydrogen) atoms. The third-order valence-corrected chi connectivity index (χ3v) is 4.10. The van der Waals surface area contributed by atoms with Crippen molar-refractivity contribution in [1.82, 2.24) is 20.1 Å². The molecule has 2 aromatic heterocycles. The topological polar surface area (TPSA) is 84.7 Å². The van der Waals surface area contributed by atoms with Crippen LogP contribution in [-0.4, -0.2) is 20.1 Å². The second-order valence-corrected chi connectivity index (χ2v) is 6.03. The van der Waals surface area contributed by atoms with Gasteiger partial charge in [0.05, 0.1) is 5.75 Å². The number of thioether (sulfide) groups is 1. The predicted octanol–water partition coefficient (Wildman–Crippen LogP) is 2.98. The molecule has 0 spiro atoms. The summed E-state index contributed by atoms with van der Waals surface area (Å²) < 4.78 is 5.26. The maximum Gasteiger partial charge on any atom is 0.251 e. The molecular weight excluding hydrogens is 312 g/mol. The fourth-order valence-corrected chi connectivity index (χ4v) is 2.73. The molecule has 118 valence electrons. The van der Waals surface area contributed by atoms with Crippen LogP contribution in [0.25, 0.3) is 11.4 Å². The van der Waals surface area contributed by atoms with E-state index < -0.39 is 0 Å². The van der Waals surface area contributed by atoms with Crippen LogP contribution in [0, 0.1) is 6.92 Å². The van der Waals surface area contributed by atoms with Gasteiger partial charge in [0.25, 0.3) is 5.56 Å². The maximum atomic E-state index is 11.5. The number of aromatic nitrogens is 4. The number of hydrogen-bond donors (Lipinski definition) is 1. The Labute approximate surface area is 137 Å². The van der Waals surface area contributed by atoms with Crippen LogP contribution in [0.3, 0.4) is 0 Å². The van der Waals surface area contributed by atoms with E-state index in [0.29, 0.717) is 22.6 Å². The standard InChI is InChI=1S/C16H16N4O2S/c1-3-12-8-13(21)18-16(17-12)23-9-14-19-15(20-22-14)11-6-4-10(2)5-7-11/h4-8H,3,9H2,1-2H3,(H,17,18,21). The lowest BCUT2D eigenvalue weighted by Gasteiger charge is -2.00. The van der Waals surface area contributed by atoms with Gasteiger partial charge < -0.3 is 9.51 Å². The zero-order chi connectivity index (χ0) is 16.2. The van der Waals surface area contributed by atoms with E-state index in [0.717, 1.165) is 17.7 Å². The van der Waals surface area contributed by atoms with Crippen molar-refractivity contribution in [3.8, 4) is 11.4 Å². The van der Waals surface area contributed by atoms with Crippen LogP contribution in [0.5, 0.6) is 0 Å². The average Bonchev–Trinajstić information content (AvgIpc) is 3.02. The summed E-state index contributed by atoms with van der Waals surface area (Å²) in [5.41, 5.74) is 2.71. The number of rotatable bonds is 5. The zero-order valence-electron chi connectivity index (χ0n) is 12.9. The van der Waals surface area contributed by atoms with E-state index in [9.17, 15) is 4.79 Å². The minimum absolute atomic E-state index is 0.148. The third kappa shape index (κ3) is 3.87. The van der Waals surface area contributed by atoms with Gasteiger partial charge >= 0.3 is 0 Å². The van der Waals surface area contributed by atoms with Crippen molar-refractivity contribution in [2.24, 2.45) is 0 Å². The van der Waals surface area contributed by atoms with Crippen molar-refractivity contribution in [1.29, 1.82) is 0 Å². The number of aryl methyl sites for hydroxylation is 2. The minimum Gasteiger partial charge on any atom is -0.338 e. The molecule has 6 nitrogen and oxygen atoms in total. The number of aromatic amines is 1. The van der Waals surface area contributed by atoms with Crippen LogP contribution in [0.2, 0.25) is 0 Å². The second-order valence-electron chi connectivity index (χ2n) is 5.06. The van der Waals surface area contributed by atoms with Gasteiger partial charge in [-0.2, -0.15) is 4.98 Å². The molecule has 1 N–H and O–H groups in total. The summed E-state index contributed by atoms with van der Waals surface area (Å²) in [6, 6.07) is 9.43. The Hall–Kier alpha value is -2.41. The number of benzene rings is 1. The Balaban J connectivity index is 1.71. The van der Waals surface area contributed by atoms with Gasteiger partial charge in [-0.3, -0.25) is 4.79 Å². The van der Waals surface area contributed by atoms with Gasteiger partial charge in [-0.15, -0.1) is 0 Å². The van der Waals surface area contributed by atoms with E-state index >= 15 is 0 Å². The second kappa shape index (κ2) is 6.78.